The topological polar surface area (TPSA) is 122 Å². The van der Waals surface area contributed by atoms with Gasteiger partial charge >= 0.3 is 12.0 Å². The summed E-state index contributed by atoms with van der Waals surface area (Å²) >= 11 is 3.27. The molecule has 3 N–H and O–H groups in total. The largest absolute Gasteiger partial charge is 0.424 e. The molecule has 0 radical (unpaired) electrons. The first-order valence-corrected chi connectivity index (χ1v) is 13.4. The molecule has 200 valence electrons. The number of aryl methyl sites for hydroxylation is 1. The molecule has 4 amide bonds. The summed E-state index contributed by atoms with van der Waals surface area (Å²) in [6, 6.07) is 11.1. The zero-order chi connectivity index (χ0) is 27.3. The standard InChI is InChI=1S/C28H32BrN5O4/c1-3-4-5-6-7-8-13-25(35)33-23-12-10-9-11-22(23)26(36)34-27(37)32-21-14-15-24(19(2)16-21)38-28-30-17-20(29)18-31-28/h9-12,14-18H,3-8,13H2,1-2H3,(H,33,35)(H2,32,34,36,37). The van der Waals surface area contributed by atoms with Gasteiger partial charge in [0.05, 0.1) is 15.7 Å². The molecule has 0 saturated heterocycles. The molecule has 0 atom stereocenters. The van der Waals surface area contributed by atoms with E-state index in [2.05, 4.69) is 48.8 Å². The lowest BCUT2D eigenvalue weighted by Gasteiger charge is -2.12. The molecule has 3 rings (SSSR count). The number of para-hydroxylation sites is 1. The highest BCUT2D eigenvalue weighted by Crippen LogP contribution is 2.26. The molecule has 0 spiro atoms. The first-order valence-electron chi connectivity index (χ1n) is 12.6. The average Bonchev–Trinajstić information content (AvgIpc) is 2.89. The molecule has 0 unspecified atom stereocenters. The van der Waals surface area contributed by atoms with E-state index in [0.29, 0.717) is 23.5 Å². The third-order valence-corrected chi connectivity index (χ3v) is 6.07. The highest BCUT2D eigenvalue weighted by Gasteiger charge is 2.16. The number of nitrogens with zero attached hydrogens (tertiary/aromatic N) is 2. The molecule has 0 aliphatic carbocycles. The summed E-state index contributed by atoms with van der Waals surface area (Å²) in [5.74, 6) is -0.251. The molecule has 0 aliphatic rings. The number of halogens is 1. The fraction of sp³-hybridized carbons (Fsp3) is 0.321. The highest BCUT2D eigenvalue weighted by atomic mass is 79.9. The van der Waals surface area contributed by atoms with Crippen molar-refractivity contribution in [1.29, 1.82) is 0 Å². The number of carbonyl (C=O) groups excluding carboxylic acids is 3. The van der Waals surface area contributed by atoms with E-state index in [1.807, 2.05) is 6.92 Å². The third kappa shape index (κ3) is 9.26. The minimum Gasteiger partial charge on any atom is -0.424 e. The molecule has 0 fully saturated rings. The van der Waals surface area contributed by atoms with Gasteiger partial charge in [0.1, 0.15) is 5.75 Å². The second-order valence-electron chi connectivity index (χ2n) is 8.79. The number of hydrogen-bond acceptors (Lipinski definition) is 6. The van der Waals surface area contributed by atoms with Gasteiger partial charge in [-0.15, -0.1) is 0 Å². The van der Waals surface area contributed by atoms with Gasteiger partial charge in [0.25, 0.3) is 5.91 Å². The highest BCUT2D eigenvalue weighted by molar-refractivity contribution is 9.10. The Morgan fingerprint density at radius 2 is 1.63 bits per heavy atom. The number of hydrogen-bond donors (Lipinski definition) is 3. The summed E-state index contributed by atoms with van der Waals surface area (Å²) in [4.78, 5) is 45.8. The van der Waals surface area contributed by atoms with Crippen molar-refractivity contribution in [2.75, 3.05) is 10.6 Å². The molecule has 1 aromatic heterocycles. The van der Waals surface area contributed by atoms with Crippen LogP contribution in [-0.2, 0) is 4.79 Å². The van der Waals surface area contributed by atoms with Crippen molar-refractivity contribution >= 4 is 45.2 Å². The van der Waals surface area contributed by atoms with Gasteiger partial charge in [-0.25, -0.2) is 14.8 Å². The van der Waals surface area contributed by atoms with Crippen molar-refractivity contribution in [3.05, 3.63) is 70.5 Å². The molecule has 0 bridgehead atoms. The van der Waals surface area contributed by atoms with Crippen LogP contribution in [0, 0.1) is 6.92 Å². The predicted octanol–water partition coefficient (Wildman–Crippen LogP) is 6.99. The lowest BCUT2D eigenvalue weighted by Crippen LogP contribution is -2.35. The van der Waals surface area contributed by atoms with E-state index in [9.17, 15) is 14.4 Å². The van der Waals surface area contributed by atoms with Gasteiger partial charge < -0.3 is 15.4 Å². The number of anilines is 2. The van der Waals surface area contributed by atoms with Crippen molar-refractivity contribution in [2.45, 2.75) is 58.8 Å². The number of urea groups is 1. The van der Waals surface area contributed by atoms with Gasteiger partial charge in [-0.3, -0.25) is 14.9 Å². The van der Waals surface area contributed by atoms with E-state index < -0.39 is 11.9 Å². The zero-order valence-electron chi connectivity index (χ0n) is 21.6. The van der Waals surface area contributed by atoms with E-state index in [-0.39, 0.29) is 17.5 Å². The predicted molar refractivity (Wildman–Crippen MR) is 151 cm³/mol. The smallest absolute Gasteiger partial charge is 0.326 e. The number of ether oxygens (including phenoxy) is 1. The number of carbonyl (C=O) groups is 3. The summed E-state index contributed by atoms with van der Waals surface area (Å²) in [7, 11) is 0. The number of aromatic nitrogens is 2. The maximum Gasteiger partial charge on any atom is 0.326 e. The van der Waals surface area contributed by atoms with Crippen molar-refractivity contribution in [3.8, 4) is 11.8 Å². The number of unbranched alkanes of at least 4 members (excludes halogenated alkanes) is 5. The molecule has 2 aromatic carbocycles. The van der Waals surface area contributed by atoms with Crippen molar-refractivity contribution in [3.63, 3.8) is 0 Å². The minimum absolute atomic E-state index is 0.156. The van der Waals surface area contributed by atoms with E-state index in [1.54, 1.807) is 54.9 Å². The van der Waals surface area contributed by atoms with Gasteiger partial charge in [0.2, 0.25) is 5.91 Å². The van der Waals surface area contributed by atoms with Crippen molar-refractivity contribution in [1.82, 2.24) is 15.3 Å². The Kier molecular flexibility index (Phi) is 11.2. The van der Waals surface area contributed by atoms with Gasteiger partial charge in [0.15, 0.2) is 0 Å². The summed E-state index contributed by atoms with van der Waals surface area (Å²) in [5, 5.41) is 7.75. The first-order chi connectivity index (χ1) is 18.4. The monoisotopic (exact) mass is 581 g/mol. The SMILES string of the molecule is CCCCCCCCC(=O)Nc1ccccc1C(=O)NC(=O)Nc1ccc(Oc2ncc(Br)cn2)c(C)c1. The normalized spacial score (nSPS) is 10.5. The molecular weight excluding hydrogens is 550 g/mol. The van der Waals surface area contributed by atoms with Gasteiger partial charge in [-0.1, -0.05) is 51.2 Å². The molecule has 10 heteroatoms. The summed E-state index contributed by atoms with van der Waals surface area (Å²) in [6.07, 6.45) is 10.0. The lowest BCUT2D eigenvalue weighted by atomic mass is 10.1. The fourth-order valence-corrected chi connectivity index (χ4v) is 3.90. The lowest BCUT2D eigenvalue weighted by molar-refractivity contribution is -0.116. The number of rotatable bonds is 12. The second kappa shape index (κ2) is 14.8. The van der Waals surface area contributed by atoms with Crippen molar-refractivity contribution < 1.29 is 19.1 Å². The minimum atomic E-state index is -0.701. The van der Waals surface area contributed by atoms with Crippen LogP contribution in [0.2, 0.25) is 0 Å². The molecular formula is C28H32BrN5O4. The summed E-state index contributed by atoms with van der Waals surface area (Å²) < 4.78 is 6.41. The summed E-state index contributed by atoms with van der Waals surface area (Å²) in [5.41, 5.74) is 1.77. The summed E-state index contributed by atoms with van der Waals surface area (Å²) in [6.45, 7) is 3.98. The molecule has 0 saturated carbocycles. The van der Waals surface area contributed by atoms with E-state index in [0.717, 1.165) is 29.3 Å². The molecule has 38 heavy (non-hydrogen) atoms. The van der Waals surface area contributed by atoms with Crippen LogP contribution >= 0.6 is 15.9 Å². The number of imide groups is 1. The molecule has 0 aliphatic heterocycles. The van der Waals surface area contributed by atoms with Crippen LogP contribution in [0.3, 0.4) is 0 Å². The van der Waals surface area contributed by atoms with Crippen LogP contribution < -0.4 is 20.7 Å². The molecule has 9 nitrogen and oxygen atoms in total. The Morgan fingerprint density at radius 3 is 2.37 bits per heavy atom. The Hall–Kier alpha value is -3.79. The van der Waals surface area contributed by atoms with Crippen LogP contribution in [0.4, 0.5) is 16.2 Å². The quantitative estimate of drug-likeness (QED) is 0.198. The fourth-order valence-electron chi connectivity index (χ4n) is 3.69. The third-order valence-electron chi connectivity index (χ3n) is 5.66. The Balaban J connectivity index is 1.53. The van der Waals surface area contributed by atoms with E-state index in [1.165, 1.54) is 19.3 Å². The maximum absolute atomic E-state index is 12.8. The van der Waals surface area contributed by atoms with Crippen LogP contribution in [0.5, 0.6) is 11.8 Å². The van der Waals surface area contributed by atoms with Gasteiger partial charge in [-0.05, 0) is 65.2 Å². The van der Waals surface area contributed by atoms with E-state index >= 15 is 0 Å². The second-order valence-corrected chi connectivity index (χ2v) is 9.70. The van der Waals surface area contributed by atoms with Crippen molar-refractivity contribution in [2.24, 2.45) is 0 Å². The van der Waals surface area contributed by atoms with Crippen LogP contribution in [0.15, 0.2) is 59.3 Å². The first kappa shape index (κ1) is 28.8. The number of benzene rings is 2. The van der Waals surface area contributed by atoms with E-state index in [4.69, 9.17) is 4.74 Å². The molecule has 1 heterocycles. The number of amides is 4. The van der Waals surface area contributed by atoms with Gasteiger partial charge in [0, 0.05) is 24.5 Å². The molecule has 3 aromatic rings. The maximum atomic E-state index is 12.8. The number of nitrogens with one attached hydrogen (secondary N) is 3. The van der Waals surface area contributed by atoms with Crippen LogP contribution in [-0.4, -0.2) is 27.8 Å². The Labute approximate surface area is 230 Å². The Morgan fingerprint density at radius 1 is 0.921 bits per heavy atom. The Bertz CT molecular complexity index is 1250. The van der Waals surface area contributed by atoms with Gasteiger partial charge in [-0.2, -0.15) is 0 Å². The van der Waals surface area contributed by atoms with Crippen LogP contribution in [0.25, 0.3) is 0 Å². The van der Waals surface area contributed by atoms with Crippen LogP contribution in [0.1, 0.15) is 67.8 Å². The zero-order valence-corrected chi connectivity index (χ0v) is 23.1. The average molecular weight is 582 g/mol.